The highest BCUT2D eigenvalue weighted by atomic mass is 79.9. The minimum Gasteiger partial charge on any atom is -0.332 e. The maximum Gasteiger partial charge on any atom is 0.187 e. The maximum atomic E-state index is 11.4. The zero-order chi connectivity index (χ0) is 18.3. The van der Waals surface area contributed by atoms with Crippen LogP contribution in [0.1, 0.15) is 23.0 Å². The lowest BCUT2D eigenvalue weighted by molar-refractivity contribution is 0.101. The van der Waals surface area contributed by atoms with Crippen molar-refractivity contribution in [2.45, 2.75) is 13.8 Å². The summed E-state index contributed by atoms with van der Waals surface area (Å²) in [6.45, 7) is 3.55. The number of hydrogen-bond donors (Lipinski definition) is 1. The van der Waals surface area contributed by atoms with Crippen LogP contribution in [0.15, 0.2) is 52.4 Å². The Balaban J connectivity index is 1.65. The van der Waals surface area contributed by atoms with Gasteiger partial charge in [0.25, 0.3) is 0 Å². The van der Waals surface area contributed by atoms with Crippen molar-refractivity contribution in [3.8, 4) is 11.4 Å². The van der Waals surface area contributed by atoms with Gasteiger partial charge in [0, 0.05) is 27.3 Å². The molecule has 1 aromatic carbocycles. The average Bonchev–Trinajstić information content (AvgIpc) is 3.18. The first kappa shape index (κ1) is 16.9. The van der Waals surface area contributed by atoms with Gasteiger partial charge >= 0.3 is 0 Å². The molecule has 26 heavy (non-hydrogen) atoms. The summed E-state index contributed by atoms with van der Waals surface area (Å²) in [5.74, 6) is 0.0577. The number of nitrogens with one attached hydrogen (secondary N) is 1. The van der Waals surface area contributed by atoms with Crippen molar-refractivity contribution in [3.05, 3.63) is 63.7 Å². The van der Waals surface area contributed by atoms with Crippen molar-refractivity contribution < 1.29 is 4.79 Å². The summed E-state index contributed by atoms with van der Waals surface area (Å²) in [6.07, 6.45) is 2.00. The smallest absolute Gasteiger partial charge is 0.187 e. The second-order valence-corrected chi connectivity index (χ2v) is 7.69. The van der Waals surface area contributed by atoms with Gasteiger partial charge in [0.15, 0.2) is 10.9 Å². The number of pyridine rings is 1. The first-order valence-corrected chi connectivity index (χ1v) is 9.66. The Morgan fingerprint density at radius 1 is 1.15 bits per heavy atom. The van der Waals surface area contributed by atoms with Crippen LogP contribution in [0, 0.1) is 6.92 Å². The molecule has 0 aliphatic heterocycles. The number of aromatic nitrogens is 3. The quantitative estimate of drug-likeness (QED) is 0.439. The van der Waals surface area contributed by atoms with Crippen LogP contribution < -0.4 is 5.32 Å². The summed E-state index contributed by atoms with van der Waals surface area (Å²) in [5.41, 5.74) is 5.28. The Morgan fingerprint density at radius 3 is 2.65 bits per heavy atom. The van der Waals surface area contributed by atoms with Gasteiger partial charge in [0.1, 0.15) is 11.3 Å². The Labute approximate surface area is 162 Å². The van der Waals surface area contributed by atoms with E-state index in [1.54, 1.807) is 6.92 Å². The largest absolute Gasteiger partial charge is 0.332 e. The number of imidazole rings is 1. The first-order chi connectivity index (χ1) is 12.5. The second-order valence-electron chi connectivity index (χ2n) is 5.92. The van der Waals surface area contributed by atoms with E-state index < -0.39 is 0 Å². The molecular weight excluding hydrogens is 412 g/mol. The topological polar surface area (TPSA) is 59.3 Å². The number of aryl methyl sites for hydroxylation is 1. The van der Waals surface area contributed by atoms with E-state index in [4.69, 9.17) is 4.98 Å². The van der Waals surface area contributed by atoms with Crippen molar-refractivity contribution in [1.29, 1.82) is 0 Å². The van der Waals surface area contributed by atoms with E-state index in [0.29, 0.717) is 5.56 Å². The predicted molar refractivity (Wildman–Crippen MR) is 108 cm³/mol. The van der Waals surface area contributed by atoms with Crippen LogP contribution in [-0.4, -0.2) is 20.2 Å². The summed E-state index contributed by atoms with van der Waals surface area (Å²) in [5, 5.41) is 6.10. The van der Waals surface area contributed by atoms with Gasteiger partial charge in [0.05, 0.1) is 11.4 Å². The lowest BCUT2D eigenvalue weighted by Gasteiger charge is -2.03. The zero-order valence-corrected chi connectivity index (χ0v) is 16.6. The van der Waals surface area contributed by atoms with Crippen LogP contribution in [0.25, 0.3) is 17.0 Å². The number of thiazole rings is 1. The monoisotopic (exact) mass is 426 g/mol. The number of Topliss-reactive ketones (excluding diaryl/α,β-unsaturated/α-hetero) is 1. The highest BCUT2D eigenvalue weighted by molar-refractivity contribution is 9.10. The third-order valence-corrected chi connectivity index (χ3v) is 5.27. The number of hydrogen-bond acceptors (Lipinski definition) is 5. The third kappa shape index (κ3) is 3.15. The molecule has 0 saturated heterocycles. The van der Waals surface area contributed by atoms with Crippen molar-refractivity contribution >= 4 is 49.5 Å². The lowest BCUT2D eigenvalue weighted by Crippen LogP contribution is -1.94. The summed E-state index contributed by atoms with van der Waals surface area (Å²) in [6, 6.07) is 11.3. The molecule has 0 aliphatic carbocycles. The van der Waals surface area contributed by atoms with Crippen LogP contribution in [0.3, 0.4) is 0 Å². The molecule has 3 heterocycles. The highest BCUT2D eigenvalue weighted by Crippen LogP contribution is 2.30. The molecule has 0 unspecified atom stereocenters. The van der Waals surface area contributed by atoms with Gasteiger partial charge in [-0.1, -0.05) is 0 Å². The lowest BCUT2D eigenvalue weighted by atomic mass is 10.1. The molecule has 0 spiro atoms. The number of carbonyl (C=O) groups excluding carboxylic acids is 1. The molecule has 0 atom stereocenters. The number of halogens is 1. The first-order valence-electron chi connectivity index (χ1n) is 7.99. The number of rotatable bonds is 4. The summed E-state index contributed by atoms with van der Waals surface area (Å²) < 4.78 is 3.03. The molecule has 4 rings (SSSR count). The Kier molecular flexibility index (Phi) is 4.34. The van der Waals surface area contributed by atoms with Crippen LogP contribution in [-0.2, 0) is 0 Å². The molecule has 0 aliphatic rings. The molecule has 130 valence electrons. The average molecular weight is 427 g/mol. The van der Waals surface area contributed by atoms with Crippen molar-refractivity contribution in [1.82, 2.24) is 14.4 Å². The third-order valence-electron chi connectivity index (χ3n) is 4.05. The number of anilines is 2. The molecule has 5 nitrogen and oxygen atoms in total. The van der Waals surface area contributed by atoms with E-state index in [1.165, 1.54) is 11.3 Å². The predicted octanol–water partition coefficient (Wildman–Crippen LogP) is 5.47. The molecule has 0 amide bonds. The number of ketones is 1. The summed E-state index contributed by atoms with van der Waals surface area (Å²) in [4.78, 5) is 20.7. The Bertz CT molecular complexity index is 1110. The molecule has 4 aromatic rings. The van der Waals surface area contributed by atoms with Crippen molar-refractivity contribution in [2.24, 2.45) is 0 Å². The number of benzene rings is 1. The van der Waals surface area contributed by atoms with Gasteiger partial charge in [-0.15, -0.1) is 11.3 Å². The second kappa shape index (κ2) is 6.66. The fourth-order valence-electron chi connectivity index (χ4n) is 2.80. The van der Waals surface area contributed by atoms with Gasteiger partial charge in [-0.2, -0.15) is 0 Å². The Hall–Kier alpha value is -2.51. The molecule has 7 heteroatoms. The normalized spacial score (nSPS) is 11.0. The highest BCUT2D eigenvalue weighted by Gasteiger charge is 2.14. The van der Waals surface area contributed by atoms with Crippen molar-refractivity contribution in [2.75, 3.05) is 5.32 Å². The molecule has 1 N–H and O–H groups in total. The van der Waals surface area contributed by atoms with E-state index in [2.05, 4.69) is 26.2 Å². The van der Waals surface area contributed by atoms with Crippen molar-refractivity contribution in [3.63, 3.8) is 0 Å². The fraction of sp³-hybridized carbons (Fsp3) is 0.105. The van der Waals surface area contributed by atoms with E-state index in [9.17, 15) is 4.79 Å². The van der Waals surface area contributed by atoms with Crippen LogP contribution in [0.5, 0.6) is 0 Å². The van der Waals surface area contributed by atoms with E-state index in [0.717, 1.165) is 38.0 Å². The molecule has 3 aromatic heterocycles. The van der Waals surface area contributed by atoms with Gasteiger partial charge in [-0.05, 0) is 66.2 Å². The number of nitrogens with zero attached hydrogens (tertiary/aromatic N) is 3. The molecule has 0 saturated carbocycles. The summed E-state index contributed by atoms with van der Waals surface area (Å²) in [7, 11) is 0. The molecule has 0 radical (unpaired) electrons. The molecular formula is C19H15BrN4OS. The van der Waals surface area contributed by atoms with E-state index in [-0.39, 0.29) is 5.78 Å². The van der Waals surface area contributed by atoms with E-state index >= 15 is 0 Å². The zero-order valence-electron chi connectivity index (χ0n) is 14.2. The molecule has 0 bridgehead atoms. The number of fused-ring (bicyclic) bond motifs is 1. The minimum absolute atomic E-state index is 0.0577. The van der Waals surface area contributed by atoms with Gasteiger partial charge in [-0.25, -0.2) is 9.97 Å². The molecule has 0 fully saturated rings. The summed E-state index contributed by atoms with van der Waals surface area (Å²) >= 11 is 5.04. The Morgan fingerprint density at radius 2 is 1.92 bits per heavy atom. The van der Waals surface area contributed by atoms with Crippen LogP contribution in [0.2, 0.25) is 0 Å². The van der Waals surface area contributed by atoms with Crippen LogP contribution >= 0.6 is 27.3 Å². The van der Waals surface area contributed by atoms with Gasteiger partial charge < -0.3 is 5.32 Å². The minimum atomic E-state index is 0.0577. The fourth-order valence-corrected chi connectivity index (χ4v) is 3.85. The van der Waals surface area contributed by atoms with Gasteiger partial charge in [-0.3, -0.25) is 9.20 Å². The number of carbonyl (C=O) groups is 1. The van der Waals surface area contributed by atoms with Gasteiger partial charge in [0.2, 0.25) is 0 Å². The van der Waals surface area contributed by atoms with E-state index in [1.807, 2.05) is 59.3 Å². The maximum absolute atomic E-state index is 11.4. The SMILES string of the molecule is CC(=O)c1ccc(Nc2nc(-c3c(C)nc4ccc(Br)cn34)cs2)cc1. The van der Waals surface area contributed by atoms with Crippen LogP contribution in [0.4, 0.5) is 10.8 Å². The standard InChI is InChI=1S/C19H15BrN4OS/c1-11-18(24-9-14(20)5-8-17(24)21-11)16-10-26-19(23-16)22-15-6-3-13(4-7-15)12(2)25/h3-10H,1-2H3,(H,22,23).